The lowest BCUT2D eigenvalue weighted by Crippen LogP contribution is -2.44. The third kappa shape index (κ3) is 4.95. The highest BCUT2D eigenvalue weighted by Gasteiger charge is 2.20. The molecule has 0 aliphatic carbocycles. The summed E-state index contributed by atoms with van der Waals surface area (Å²) in [6.45, 7) is -0.171. The normalized spacial score (nSPS) is 12.6. The fourth-order valence-corrected chi connectivity index (χ4v) is 3.02. The number of rotatable bonds is 7. The Bertz CT molecular complexity index is 764. The first-order valence-electron chi connectivity index (χ1n) is 6.74. The van der Waals surface area contributed by atoms with Crippen LogP contribution in [0.3, 0.4) is 0 Å². The van der Waals surface area contributed by atoms with E-state index in [1.54, 1.807) is 24.3 Å². The van der Waals surface area contributed by atoms with E-state index in [0.717, 1.165) is 0 Å². The number of nitrogens with two attached hydrogens (primary N) is 1. The van der Waals surface area contributed by atoms with Crippen LogP contribution in [0.2, 0.25) is 5.02 Å². The molecule has 0 fully saturated rings. The van der Waals surface area contributed by atoms with Gasteiger partial charge in [-0.1, -0.05) is 29.8 Å². The number of hydrogen-bond acceptors (Lipinski definition) is 4. The van der Waals surface area contributed by atoms with Crippen LogP contribution < -0.4 is 15.8 Å². The van der Waals surface area contributed by atoms with Crippen LogP contribution in [0.5, 0.6) is 0 Å². The zero-order valence-corrected chi connectivity index (χ0v) is 13.6. The molecule has 2 rings (SSSR count). The van der Waals surface area contributed by atoms with E-state index in [2.05, 4.69) is 10.0 Å². The molecule has 1 unspecified atom stereocenters. The Morgan fingerprint density at radius 3 is 2.26 bits per heavy atom. The molecule has 23 heavy (non-hydrogen) atoms. The molecule has 0 heterocycles. The Balaban J connectivity index is 2.06. The van der Waals surface area contributed by atoms with Crippen LogP contribution >= 0.6 is 11.6 Å². The summed E-state index contributed by atoms with van der Waals surface area (Å²) in [6.07, 6.45) is 0. The Morgan fingerprint density at radius 1 is 1.09 bits per heavy atom. The minimum atomic E-state index is -3.75. The van der Waals surface area contributed by atoms with Gasteiger partial charge < -0.3 is 11.1 Å². The number of anilines is 1. The molecule has 0 radical (unpaired) electrons. The van der Waals surface area contributed by atoms with Crippen LogP contribution in [0.4, 0.5) is 5.69 Å². The number of halogens is 1. The number of nitrogens with one attached hydrogen (secondary N) is 2. The van der Waals surface area contributed by atoms with E-state index in [1.165, 1.54) is 24.3 Å². The van der Waals surface area contributed by atoms with Crippen molar-refractivity contribution in [2.45, 2.75) is 10.9 Å². The van der Waals surface area contributed by atoms with Gasteiger partial charge in [0.15, 0.2) is 0 Å². The molecule has 1 atom stereocenters. The van der Waals surface area contributed by atoms with Gasteiger partial charge >= 0.3 is 0 Å². The van der Waals surface area contributed by atoms with E-state index in [-0.39, 0.29) is 11.4 Å². The Hall–Kier alpha value is -2.09. The van der Waals surface area contributed by atoms with Gasteiger partial charge in [0.25, 0.3) is 0 Å². The molecule has 2 aromatic rings. The van der Waals surface area contributed by atoms with Gasteiger partial charge in [-0.05, 0) is 36.4 Å². The molecule has 1 amide bonds. The summed E-state index contributed by atoms with van der Waals surface area (Å²) in [5, 5.41) is 3.32. The number of benzene rings is 2. The van der Waals surface area contributed by atoms with Crippen molar-refractivity contribution in [2.24, 2.45) is 5.73 Å². The molecule has 0 spiro atoms. The number of carbonyl (C=O) groups is 1. The SMILES string of the molecule is NC(=O)C(CNS(=O)(=O)c1ccc(Cl)cc1)Nc1ccccc1. The van der Waals surface area contributed by atoms with Crippen molar-refractivity contribution in [3.63, 3.8) is 0 Å². The number of hydrogen-bond donors (Lipinski definition) is 3. The second-order valence-electron chi connectivity index (χ2n) is 4.77. The Kier molecular flexibility index (Phi) is 5.59. The maximum atomic E-state index is 12.2. The molecule has 8 heteroatoms. The summed E-state index contributed by atoms with van der Waals surface area (Å²) in [5.74, 6) is -0.660. The highest BCUT2D eigenvalue weighted by Crippen LogP contribution is 2.14. The first kappa shape index (κ1) is 17.3. The maximum absolute atomic E-state index is 12.2. The monoisotopic (exact) mass is 353 g/mol. The topological polar surface area (TPSA) is 101 Å². The van der Waals surface area contributed by atoms with Gasteiger partial charge in [0.2, 0.25) is 15.9 Å². The van der Waals surface area contributed by atoms with E-state index in [9.17, 15) is 13.2 Å². The van der Waals surface area contributed by atoms with Crippen LogP contribution in [0.15, 0.2) is 59.5 Å². The number of para-hydroxylation sites is 1. The molecular weight excluding hydrogens is 338 g/mol. The average Bonchev–Trinajstić information content (AvgIpc) is 2.52. The average molecular weight is 354 g/mol. The predicted octanol–water partition coefficient (Wildman–Crippen LogP) is 1.58. The van der Waals surface area contributed by atoms with Crippen molar-refractivity contribution in [3.8, 4) is 0 Å². The summed E-state index contributed by atoms with van der Waals surface area (Å²) in [6, 6.07) is 13.8. The van der Waals surface area contributed by atoms with Gasteiger partial charge in [-0.25, -0.2) is 13.1 Å². The van der Waals surface area contributed by atoms with Crippen LogP contribution in [0.1, 0.15) is 0 Å². The molecule has 4 N–H and O–H groups in total. The molecule has 0 saturated heterocycles. The van der Waals surface area contributed by atoms with Gasteiger partial charge in [0, 0.05) is 17.3 Å². The van der Waals surface area contributed by atoms with Gasteiger partial charge in [0.1, 0.15) is 6.04 Å². The molecule has 0 aliphatic heterocycles. The molecule has 0 saturated carbocycles. The summed E-state index contributed by atoms with van der Waals surface area (Å²) in [7, 11) is -3.75. The van der Waals surface area contributed by atoms with E-state index in [0.29, 0.717) is 10.7 Å². The quantitative estimate of drug-likeness (QED) is 0.703. The van der Waals surface area contributed by atoms with Gasteiger partial charge in [-0.15, -0.1) is 0 Å². The van der Waals surface area contributed by atoms with Crippen LogP contribution in [-0.4, -0.2) is 26.9 Å². The first-order chi connectivity index (χ1) is 10.9. The lowest BCUT2D eigenvalue weighted by Gasteiger charge is -2.17. The minimum absolute atomic E-state index is 0.0600. The largest absolute Gasteiger partial charge is 0.373 e. The van der Waals surface area contributed by atoms with Crippen molar-refractivity contribution >= 4 is 33.2 Å². The molecular formula is C15H16ClN3O3S. The zero-order valence-electron chi connectivity index (χ0n) is 12.1. The fraction of sp³-hybridized carbons (Fsp3) is 0.133. The summed E-state index contributed by atoms with van der Waals surface area (Å²) >= 11 is 5.73. The van der Waals surface area contributed by atoms with Crippen LogP contribution in [0.25, 0.3) is 0 Å². The van der Waals surface area contributed by atoms with Crippen molar-refractivity contribution in [1.29, 1.82) is 0 Å². The van der Waals surface area contributed by atoms with Gasteiger partial charge in [-0.3, -0.25) is 4.79 Å². The molecule has 0 aromatic heterocycles. The first-order valence-corrected chi connectivity index (χ1v) is 8.61. The van der Waals surface area contributed by atoms with Gasteiger partial charge in [-0.2, -0.15) is 0 Å². The highest BCUT2D eigenvalue weighted by atomic mass is 35.5. The molecule has 2 aromatic carbocycles. The molecule has 0 bridgehead atoms. The van der Waals surface area contributed by atoms with Crippen molar-refractivity contribution < 1.29 is 13.2 Å². The Morgan fingerprint density at radius 2 is 1.70 bits per heavy atom. The van der Waals surface area contributed by atoms with Gasteiger partial charge in [0.05, 0.1) is 4.90 Å². The summed E-state index contributed by atoms with van der Waals surface area (Å²) in [5.41, 5.74) is 5.99. The number of sulfonamides is 1. The third-order valence-electron chi connectivity index (χ3n) is 3.06. The highest BCUT2D eigenvalue weighted by molar-refractivity contribution is 7.89. The zero-order chi connectivity index (χ0) is 16.9. The Labute approximate surface area is 139 Å². The lowest BCUT2D eigenvalue weighted by molar-refractivity contribution is -0.118. The van der Waals surface area contributed by atoms with E-state index >= 15 is 0 Å². The van der Waals surface area contributed by atoms with Crippen LogP contribution in [-0.2, 0) is 14.8 Å². The standard InChI is InChI=1S/C15H16ClN3O3S/c16-11-6-8-13(9-7-11)23(21,22)18-10-14(15(17)20)19-12-4-2-1-3-5-12/h1-9,14,18-19H,10H2,(H2,17,20). The van der Waals surface area contributed by atoms with Crippen LogP contribution in [0, 0.1) is 0 Å². The van der Waals surface area contributed by atoms with E-state index in [1.807, 2.05) is 6.07 Å². The third-order valence-corrected chi connectivity index (χ3v) is 4.75. The fourth-order valence-electron chi connectivity index (χ4n) is 1.85. The minimum Gasteiger partial charge on any atom is -0.373 e. The summed E-state index contributed by atoms with van der Waals surface area (Å²) in [4.78, 5) is 11.6. The molecule has 0 aliphatic rings. The second kappa shape index (κ2) is 7.45. The number of primary amides is 1. The van der Waals surface area contributed by atoms with Crippen molar-refractivity contribution in [3.05, 3.63) is 59.6 Å². The molecule has 6 nitrogen and oxygen atoms in total. The number of amides is 1. The van der Waals surface area contributed by atoms with E-state index < -0.39 is 22.0 Å². The summed E-state index contributed by atoms with van der Waals surface area (Å²) < 4.78 is 26.7. The number of carbonyl (C=O) groups excluding carboxylic acids is 1. The predicted molar refractivity (Wildman–Crippen MR) is 89.7 cm³/mol. The van der Waals surface area contributed by atoms with Crippen molar-refractivity contribution in [1.82, 2.24) is 4.72 Å². The van der Waals surface area contributed by atoms with Crippen molar-refractivity contribution in [2.75, 3.05) is 11.9 Å². The lowest BCUT2D eigenvalue weighted by atomic mass is 10.2. The maximum Gasteiger partial charge on any atom is 0.241 e. The second-order valence-corrected chi connectivity index (χ2v) is 6.97. The molecule has 122 valence electrons. The smallest absolute Gasteiger partial charge is 0.241 e. The van der Waals surface area contributed by atoms with E-state index in [4.69, 9.17) is 17.3 Å².